The highest BCUT2D eigenvalue weighted by atomic mass is 127. The summed E-state index contributed by atoms with van der Waals surface area (Å²) in [6.45, 7) is 4.37. The monoisotopic (exact) mass is 620 g/mol. The van der Waals surface area contributed by atoms with Crippen LogP contribution in [0.5, 0.6) is 5.75 Å². The molecule has 0 fully saturated rings. The highest BCUT2D eigenvalue weighted by Crippen LogP contribution is 2.33. The molecule has 3 aromatic rings. The molecule has 0 aliphatic heterocycles. The van der Waals surface area contributed by atoms with Crippen LogP contribution in [0.2, 0.25) is 5.02 Å². The van der Waals surface area contributed by atoms with Crippen molar-refractivity contribution < 1.29 is 9.53 Å². The van der Waals surface area contributed by atoms with Crippen LogP contribution in [0.3, 0.4) is 0 Å². The Morgan fingerprint density at radius 1 is 1.16 bits per heavy atom. The van der Waals surface area contributed by atoms with Crippen LogP contribution in [-0.2, 0) is 11.4 Å². The molecule has 0 aliphatic carbocycles. The second-order valence-electron chi connectivity index (χ2n) is 7.15. The molecule has 0 radical (unpaired) electrons. The van der Waals surface area contributed by atoms with Crippen molar-refractivity contribution in [2.24, 2.45) is 0 Å². The summed E-state index contributed by atoms with van der Waals surface area (Å²) in [7, 11) is 0. The summed E-state index contributed by atoms with van der Waals surface area (Å²) in [5.74, 6) is 0.237. The normalized spacial score (nSPS) is 11.1. The minimum atomic E-state index is -0.454. The maximum Gasteiger partial charge on any atom is 0.266 e. The van der Waals surface area contributed by atoms with Gasteiger partial charge in [0.15, 0.2) is 0 Å². The summed E-state index contributed by atoms with van der Waals surface area (Å²) >= 11 is 11.6. The molecule has 3 rings (SSSR count). The number of hydrogen-bond donors (Lipinski definition) is 1. The molecule has 0 bridgehead atoms. The van der Waals surface area contributed by atoms with Crippen LogP contribution in [0.1, 0.15) is 22.3 Å². The van der Waals surface area contributed by atoms with Crippen molar-refractivity contribution in [3.63, 3.8) is 0 Å². The van der Waals surface area contributed by atoms with Gasteiger partial charge >= 0.3 is 0 Å². The zero-order valence-corrected chi connectivity index (χ0v) is 21.9. The summed E-state index contributed by atoms with van der Waals surface area (Å²) in [6, 6.07) is 18.8. The summed E-state index contributed by atoms with van der Waals surface area (Å²) < 4.78 is 7.55. The van der Waals surface area contributed by atoms with E-state index in [4.69, 9.17) is 16.3 Å². The predicted molar refractivity (Wildman–Crippen MR) is 141 cm³/mol. The highest BCUT2D eigenvalue weighted by Gasteiger charge is 2.13. The van der Waals surface area contributed by atoms with Crippen molar-refractivity contribution >= 4 is 67.8 Å². The van der Waals surface area contributed by atoms with Crippen LogP contribution in [0.25, 0.3) is 6.08 Å². The average molecular weight is 622 g/mol. The summed E-state index contributed by atoms with van der Waals surface area (Å²) in [4.78, 5) is 12.6. The Kier molecular flexibility index (Phi) is 8.35. The lowest BCUT2D eigenvalue weighted by Crippen LogP contribution is -2.13. The van der Waals surface area contributed by atoms with Gasteiger partial charge in [-0.2, -0.15) is 5.26 Å². The molecule has 3 aromatic carbocycles. The molecule has 0 heterocycles. The average Bonchev–Trinajstić information content (AvgIpc) is 2.75. The molecular weight excluding hydrogens is 603 g/mol. The van der Waals surface area contributed by atoms with E-state index in [1.54, 1.807) is 6.08 Å². The molecule has 0 saturated carbocycles. The molecule has 0 spiro atoms. The van der Waals surface area contributed by atoms with E-state index in [1.165, 1.54) is 0 Å². The van der Waals surface area contributed by atoms with Gasteiger partial charge < -0.3 is 10.1 Å². The summed E-state index contributed by atoms with van der Waals surface area (Å²) in [5, 5.41) is 13.0. The number of ether oxygens (including phenoxy) is 1. The fourth-order valence-corrected chi connectivity index (χ4v) is 4.76. The number of nitrogens with zero attached hydrogens (tertiary/aromatic N) is 1. The van der Waals surface area contributed by atoms with Crippen molar-refractivity contribution in [2.45, 2.75) is 20.5 Å². The van der Waals surface area contributed by atoms with Crippen LogP contribution in [0.15, 0.2) is 64.6 Å². The molecule has 7 heteroatoms. The quantitative estimate of drug-likeness (QED) is 0.177. The number of anilines is 1. The third-order valence-electron chi connectivity index (χ3n) is 4.76. The number of rotatable bonds is 6. The number of carbonyl (C=O) groups excluding carboxylic acids is 1. The van der Waals surface area contributed by atoms with E-state index in [0.717, 1.165) is 24.7 Å². The molecule has 1 N–H and O–H groups in total. The van der Waals surface area contributed by atoms with Crippen LogP contribution < -0.4 is 10.1 Å². The van der Waals surface area contributed by atoms with E-state index >= 15 is 0 Å². The van der Waals surface area contributed by atoms with E-state index in [2.05, 4.69) is 43.8 Å². The maximum absolute atomic E-state index is 12.6. The molecule has 162 valence electrons. The second-order valence-corrected chi connectivity index (χ2v) is 9.60. The maximum atomic E-state index is 12.6. The number of nitriles is 1. The first-order chi connectivity index (χ1) is 15.3. The number of aryl methyl sites for hydroxylation is 2. The van der Waals surface area contributed by atoms with E-state index in [1.807, 2.05) is 74.5 Å². The Morgan fingerprint density at radius 2 is 1.88 bits per heavy atom. The Labute approximate surface area is 214 Å². The topological polar surface area (TPSA) is 62.1 Å². The SMILES string of the molecule is Cc1ccc(NC(=O)/C(C#N)=C/c2cc(Br)c(OCc3ccc(Cl)cc3)c(I)c2)cc1C. The minimum Gasteiger partial charge on any atom is -0.487 e. The molecule has 32 heavy (non-hydrogen) atoms. The predicted octanol–water partition coefficient (Wildman–Crippen LogP) is 7.45. The largest absolute Gasteiger partial charge is 0.487 e. The van der Waals surface area contributed by atoms with E-state index in [9.17, 15) is 10.1 Å². The first-order valence-electron chi connectivity index (χ1n) is 9.63. The lowest BCUT2D eigenvalue weighted by molar-refractivity contribution is -0.112. The molecule has 0 unspecified atom stereocenters. The van der Waals surface area contributed by atoms with E-state index in [-0.39, 0.29) is 5.57 Å². The molecule has 0 aromatic heterocycles. The van der Waals surface area contributed by atoms with Gasteiger partial charge in [-0.1, -0.05) is 29.8 Å². The van der Waals surface area contributed by atoms with Crippen molar-refractivity contribution in [3.8, 4) is 11.8 Å². The van der Waals surface area contributed by atoms with Gasteiger partial charge in [0.2, 0.25) is 0 Å². The van der Waals surface area contributed by atoms with E-state index in [0.29, 0.717) is 28.6 Å². The Morgan fingerprint density at radius 3 is 2.50 bits per heavy atom. The van der Waals surface area contributed by atoms with Crippen molar-refractivity contribution in [1.29, 1.82) is 5.26 Å². The summed E-state index contributed by atoms with van der Waals surface area (Å²) in [5.41, 5.74) is 4.58. The number of benzene rings is 3. The minimum absolute atomic E-state index is 0.0146. The second kappa shape index (κ2) is 11.0. The van der Waals surface area contributed by atoms with Crippen LogP contribution in [0, 0.1) is 28.7 Å². The highest BCUT2D eigenvalue weighted by molar-refractivity contribution is 14.1. The van der Waals surface area contributed by atoms with Crippen LogP contribution >= 0.6 is 50.1 Å². The number of carbonyl (C=O) groups is 1. The Balaban J connectivity index is 1.77. The Bertz CT molecular complexity index is 1210. The van der Waals surface area contributed by atoms with Crippen molar-refractivity contribution in [2.75, 3.05) is 5.32 Å². The smallest absolute Gasteiger partial charge is 0.266 e. The van der Waals surface area contributed by atoms with E-state index < -0.39 is 5.91 Å². The van der Waals surface area contributed by atoms with Crippen LogP contribution in [-0.4, -0.2) is 5.91 Å². The van der Waals surface area contributed by atoms with Gasteiger partial charge in [-0.25, -0.2) is 0 Å². The fraction of sp³-hybridized carbons (Fsp3) is 0.120. The van der Waals surface area contributed by atoms with Gasteiger partial charge in [-0.05, 0) is 117 Å². The first kappa shape index (κ1) is 24.3. The fourth-order valence-electron chi connectivity index (χ4n) is 2.87. The van der Waals surface area contributed by atoms with Gasteiger partial charge in [0.1, 0.15) is 24.0 Å². The first-order valence-corrected chi connectivity index (χ1v) is 11.9. The third kappa shape index (κ3) is 6.35. The summed E-state index contributed by atoms with van der Waals surface area (Å²) in [6.07, 6.45) is 1.56. The van der Waals surface area contributed by atoms with Crippen LogP contribution in [0.4, 0.5) is 5.69 Å². The van der Waals surface area contributed by atoms with Gasteiger partial charge in [0.05, 0.1) is 8.04 Å². The van der Waals surface area contributed by atoms with Crippen molar-refractivity contribution in [3.05, 3.63) is 95.5 Å². The number of amides is 1. The molecule has 0 saturated heterocycles. The third-order valence-corrected chi connectivity index (χ3v) is 6.40. The number of halogens is 3. The van der Waals surface area contributed by atoms with Gasteiger partial charge in [-0.15, -0.1) is 0 Å². The van der Waals surface area contributed by atoms with Gasteiger partial charge in [-0.3, -0.25) is 4.79 Å². The van der Waals surface area contributed by atoms with Gasteiger partial charge in [0, 0.05) is 10.7 Å². The molecule has 1 amide bonds. The zero-order valence-electron chi connectivity index (χ0n) is 17.4. The zero-order chi connectivity index (χ0) is 23.3. The Hall–Kier alpha value is -2.34. The number of hydrogen-bond acceptors (Lipinski definition) is 3. The molecule has 0 aliphatic rings. The van der Waals surface area contributed by atoms with Gasteiger partial charge in [0.25, 0.3) is 5.91 Å². The lowest BCUT2D eigenvalue weighted by Gasteiger charge is -2.12. The molecular formula is C25H19BrClIN2O2. The van der Waals surface area contributed by atoms with Crippen molar-refractivity contribution in [1.82, 2.24) is 0 Å². The lowest BCUT2D eigenvalue weighted by atomic mass is 10.1. The number of nitrogens with one attached hydrogen (secondary N) is 1. The molecule has 0 atom stereocenters. The molecule has 4 nitrogen and oxygen atoms in total. The standard InChI is InChI=1S/C25H19BrClIN2O2/c1-15-3-8-21(9-16(15)2)30-25(31)19(13-29)10-18-11-22(26)24(23(28)12-18)32-14-17-4-6-20(27)7-5-17/h3-12H,14H2,1-2H3,(H,30,31)/b19-10+.